The average molecular weight is 593 g/mol. The van der Waals surface area contributed by atoms with Crippen LogP contribution in [-0.2, 0) is 0 Å². The van der Waals surface area contributed by atoms with Gasteiger partial charge in [0.05, 0.1) is 0 Å². The van der Waals surface area contributed by atoms with Crippen LogP contribution in [-0.4, -0.2) is 0 Å². The molecule has 4 rings (SSSR count). The van der Waals surface area contributed by atoms with E-state index in [2.05, 4.69) is 111 Å². The first-order valence-corrected chi connectivity index (χ1v) is 19.3. The van der Waals surface area contributed by atoms with Crippen molar-refractivity contribution in [3.8, 4) is 0 Å². The summed E-state index contributed by atoms with van der Waals surface area (Å²) in [5.74, 6) is 3.90. The molecule has 0 N–H and O–H groups in total. The zero-order chi connectivity index (χ0) is 33.0. The molecule has 0 bridgehead atoms. The van der Waals surface area contributed by atoms with Crippen LogP contribution in [0.2, 0.25) is 0 Å². The van der Waals surface area contributed by atoms with Gasteiger partial charge in [-0.3, -0.25) is 0 Å². The first-order valence-electron chi connectivity index (χ1n) is 19.3. The molecule has 0 aromatic rings. The molecule has 2 atom stereocenters. The fourth-order valence-corrected chi connectivity index (χ4v) is 7.50. The molecule has 42 heavy (non-hydrogen) atoms. The molecule has 0 nitrogen and oxygen atoms in total. The SMILES string of the molecule is C1CCCC1.CC(C)(C)C1CCCC1.CC(C)(C)C1CCCC1.CC(C)(C)C1CCCC1C(C)(C)C.CCC.CCC. The summed E-state index contributed by atoms with van der Waals surface area (Å²) in [5.41, 5.74) is 2.18. The van der Waals surface area contributed by atoms with Crippen molar-refractivity contribution in [2.75, 3.05) is 0 Å². The van der Waals surface area contributed by atoms with Crippen molar-refractivity contribution in [3.63, 3.8) is 0 Å². The fourth-order valence-electron chi connectivity index (χ4n) is 7.50. The minimum Gasteiger partial charge on any atom is -0.0656 e. The third-order valence-electron chi connectivity index (χ3n) is 10.2. The summed E-state index contributed by atoms with van der Waals surface area (Å²) in [6.45, 7) is 37.1. The van der Waals surface area contributed by atoms with Crippen LogP contribution in [0.5, 0.6) is 0 Å². The van der Waals surface area contributed by atoms with Crippen molar-refractivity contribution in [2.45, 2.75) is 226 Å². The Hall–Kier alpha value is 0. The van der Waals surface area contributed by atoms with Gasteiger partial charge in [0.2, 0.25) is 0 Å². The highest BCUT2D eigenvalue weighted by molar-refractivity contribution is 4.91. The van der Waals surface area contributed by atoms with Crippen molar-refractivity contribution >= 4 is 0 Å². The topological polar surface area (TPSA) is 0 Å². The van der Waals surface area contributed by atoms with Gasteiger partial charge < -0.3 is 0 Å². The van der Waals surface area contributed by atoms with Gasteiger partial charge in [-0.15, -0.1) is 0 Å². The smallest absolute Gasteiger partial charge is 0.0332 e. The quantitative estimate of drug-likeness (QED) is 0.262. The Morgan fingerprint density at radius 3 is 0.667 bits per heavy atom. The minimum atomic E-state index is 0.508. The molecule has 0 radical (unpaired) electrons. The molecule has 0 aromatic carbocycles. The zero-order valence-electron chi connectivity index (χ0n) is 33.0. The summed E-state index contributed by atoms with van der Waals surface area (Å²) in [4.78, 5) is 0. The van der Waals surface area contributed by atoms with Crippen LogP contribution in [0.3, 0.4) is 0 Å². The number of rotatable bonds is 0. The van der Waals surface area contributed by atoms with Crippen LogP contribution in [0.1, 0.15) is 226 Å². The second-order valence-corrected chi connectivity index (χ2v) is 18.8. The lowest BCUT2D eigenvalue weighted by Gasteiger charge is -2.39. The Morgan fingerprint density at radius 2 is 0.524 bits per heavy atom. The van der Waals surface area contributed by atoms with E-state index in [-0.39, 0.29) is 0 Å². The van der Waals surface area contributed by atoms with Crippen LogP contribution in [0.4, 0.5) is 0 Å². The maximum atomic E-state index is 2.40. The molecule has 0 aliphatic heterocycles. The van der Waals surface area contributed by atoms with Gasteiger partial charge in [-0.2, -0.15) is 0 Å². The monoisotopic (exact) mass is 593 g/mol. The average Bonchev–Trinajstić information content (AvgIpc) is 3.68. The fraction of sp³-hybridized carbons (Fsp3) is 1.00. The van der Waals surface area contributed by atoms with E-state index >= 15 is 0 Å². The molecule has 4 fully saturated rings. The maximum Gasteiger partial charge on any atom is -0.0332 e. The standard InChI is InChI=1S/C13H26.2C9H18.C5H10.2C3H8/c1-12(2,3)10-8-7-9-11(10)13(4,5)6;2*1-9(2,3)8-6-4-5-7-8;1-2-4-5-3-1;2*1-3-2/h10-11H,7-9H2,1-6H3;2*8H,4-7H2,1-3H3;1-5H2;2*3H2,1-2H3. The summed E-state index contributed by atoms with van der Waals surface area (Å²) >= 11 is 0. The lowest BCUT2D eigenvalue weighted by Crippen LogP contribution is -2.32. The van der Waals surface area contributed by atoms with E-state index in [1.54, 1.807) is 0 Å². The van der Waals surface area contributed by atoms with E-state index in [9.17, 15) is 0 Å². The van der Waals surface area contributed by atoms with E-state index < -0.39 is 0 Å². The molecule has 4 aliphatic rings. The predicted molar refractivity (Wildman–Crippen MR) is 198 cm³/mol. The second-order valence-electron chi connectivity index (χ2n) is 18.8. The Labute approximate surface area is 271 Å². The van der Waals surface area contributed by atoms with Gasteiger partial charge >= 0.3 is 0 Å². The predicted octanol–water partition coefficient (Wildman–Crippen LogP) is 15.7. The van der Waals surface area contributed by atoms with Crippen LogP contribution < -0.4 is 0 Å². The molecule has 0 aromatic heterocycles. The van der Waals surface area contributed by atoms with Crippen LogP contribution in [0.25, 0.3) is 0 Å². The zero-order valence-corrected chi connectivity index (χ0v) is 33.0. The van der Waals surface area contributed by atoms with Crippen LogP contribution in [0, 0.1) is 45.3 Å². The van der Waals surface area contributed by atoms with Gasteiger partial charge in [0.25, 0.3) is 0 Å². The van der Waals surface area contributed by atoms with Gasteiger partial charge in [-0.1, -0.05) is 188 Å². The molecular formula is C42H88. The molecule has 4 saturated carbocycles. The molecule has 256 valence electrons. The van der Waals surface area contributed by atoms with Gasteiger partial charge in [-0.05, 0) is 83.9 Å². The molecule has 2 unspecified atom stereocenters. The van der Waals surface area contributed by atoms with Gasteiger partial charge in [0, 0.05) is 0 Å². The normalized spacial score (nSPS) is 23.1. The summed E-state index contributed by atoms with van der Waals surface area (Å²) in [7, 11) is 0. The highest BCUT2D eigenvalue weighted by Crippen LogP contribution is 2.50. The Balaban J connectivity index is 0. The summed E-state index contributed by atoms with van der Waals surface area (Å²) in [6.07, 6.45) is 26.1. The summed E-state index contributed by atoms with van der Waals surface area (Å²) in [6, 6.07) is 0. The van der Waals surface area contributed by atoms with E-state index in [0.717, 1.165) is 23.7 Å². The number of hydrogen-bond donors (Lipinski definition) is 0. The highest BCUT2D eigenvalue weighted by atomic mass is 14.5. The van der Waals surface area contributed by atoms with Crippen molar-refractivity contribution < 1.29 is 0 Å². The molecule has 0 amide bonds. The van der Waals surface area contributed by atoms with Crippen LogP contribution in [0.15, 0.2) is 0 Å². The molecule has 4 aliphatic carbocycles. The van der Waals surface area contributed by atoms with Crippen molar-refractivity contribution in [3.05, 3.63) is 0 Å². The maximum absolute atomic E-state index is 2.40. The molecule has 0 spiro atoms. The van der Waals surface area contributed by atoms with Gasteiger partial charge in [0.1, 0.15) is 0 Å². The van der Waals surface area contributed by atoms with Crippen molar-refractivity contribution in [1.29, 1.82) is 0 Å². The summed E-state index contributed by atoms with van der Waals surface area (Å²) in [5, 5.41) is 0. The summed E-state index contributed by atoms with van der Waals surface area (Å²) < 4.78 is 0. The molecule has 0 saturated heterocycles. The van der Waals surface area contributed by atoms with E-state index in [0.29, 0.717) is 21.7 Å². The first-order chi connectivity index (χ1) is 19.3. The van der Waals surface area contributed by atoms with Gasteiger partial charge in [0.15, 0.2) is 0 Å². The molecule has 0 heterocycles. The van der Waals surface area contributed by atoms with E-state index in [1.807, 2.05) is 0 Å². The third kappa shape index (κ3) is 21.7. The third-order valence-corrected chi connectivity index (χ3v) is 10.2. The van der Waals surface area contributed by atoms with E-state index in [4.69, 9.17) is 0 Å². The Bertz CT molecular complexity index is 512. The minimum absolute atomic E-state index is 0.508. The van der Waals surface area contributed by atoms with E-state index in [1.165, 1.54) is 116 Å². The first kappa shape index (κ1) is 44.1. The highest BCUT2D eigenvalue weighted by Gasteiger charge is 2.41. The largest absolute Gasteiger partial charge is 0.0656 e. The second kappa shape index (κ2) is 22.5. The Kier molecular flexibility index (Phi) is 23.6. The lowest BCUT2D eigenvalue weighted by molar-refractivity contribution is 0.0992. The van der Waals surface area contributed by atoms with Crippen molar-refractivity contribution in [1.82, 2.24) is 0 Å². The Morgan fingerprint density at radius 1 is 0.310 bits per heavy atom. The van der Waals surface area contributed by atoms with Crippen LogP contribution >= 0.6 is 0 Å². The van der Waals surface area contributed by atoms with Crippen molar-refractivity contribution in [2.24, 2.45) is 45.3 Å². The van der Waals surface area contributed by atoms with Gasteiger partial charge in [-0.25, -0.2) is 0 Å². The molecule has 0 heteroatoms. The lowest BCUT2D eigenvalue weighted by atomic mass is 9.66. The number of hydrogen-bond acceptors (Lipinski definition) is 0. The molecular weight excluding hydrogens is 504 g/mol.